The predicted octanol–water partition coefficient (Wildman–Crippen LogP) is 2.38. The number of nitrogens with one attached hydrogen (secondary N) is 2. The molecule has 1 saturated carbocycles. The van der Waals surface area contributed by atoms with Crippen LogP contribution in [0.4, 0.5) is 0 Å². The van der Waals surface area contributed by atoms with Crippen molar-refractivity contribution in [2.24, 2.45) is 0 Å². The zero-order chi connectivity index (χ0) is 22.2. The number of benzene rings is 2. The summed E-state index contributed by atoms with van der Waals surface area (Å²) in [7, 11) is -2.51. The molecule has 11 heteroatoms. The zero-order valence-electron chi connectivity index (χ0n) is 16.3. The molecule has 1 aromatic heterocycles. The lowest BCUT2D eigenvalue weighted by Gasteiger charge is -2.12. The van der Waals surface area contributed by atoms with E-state index in [-0.39, 0.29) is 34.7 Å². The maximum Gasteiger partial charge on any atom is 0.338 e. The maximum atomic E-state index is 12.6. The minimum Gasteiger partial charge on any atom is -0.495 e. The number of carbonyl (C=O) groups is 1. The van der Waals surface area contributed by atoms with E-state index >= 15 is 0 Å². The molecule has 1 heterocycles. The molecule has 2 aromatic carbocycles. The Morgan fingerprint density at radius 3 is 2.74 bits per heavy atom. The number of halogens is 1. The number of aromatic amines is 1. The first kappa shape index (κ1) is 21.3. The summed E-state index contributed by atoms with van der Waals surface area (Å²) in [6.45, 7) is -0.315. The fraction of sp³-hybridized carbons (Fsp3) is 0.250. The van der Waals surface area contributed by atoms with Crippen molar-refractivity contribution < 1.29 is 22.7 Å². The lowest BCUT2D eigenvalue weighted by atomic mass is 10.2. The second-order valence-corrected chi connectivity index (χ2v) is 9.13. The fourth-order valence-corrected chi connectivity index (χ4v) is 4.61. The summed E-state index contributed by atoms with van der Waals surface area (Å²) in [5.41, 5.74) is -0.00822. The van der Waals surface area contributed by atoms with Gasteiger partial charge in [-0.15, -0.1) is 0 Å². The van der Waals surface area contributed by atoms with Gasteiger partial charge in [-0.05, 0) is 49.2 Å². The largest absolute Gasteiger partial charge is 0.495 e. The maximum absolute atomic E-state index is 12.6. The number of esters is 1. The number of hydrogen-bond donors (Lipinski definition) is 2. The Morgan fingerprint density at radius 1 is 1.26 bits per heavy atom. The highest BCUT2D eigenvalue weighted by Gasteiger charge is 2.30. The monoisotopic (exact) mass is 463 g/mol. The molecule has 0 saturated heterocycles. The fourth-order valence-electron chi connectivity index (χ4n) is 2.94. The summed E-state index contributed by atoms with van der Waals surface area (Å²) in [5.74, 6) is -0.536. The summed E-state index contributed by atoms with van der Waals surface area (Å²) < 4.78 is 38.1. The third-order valence-corrected chi connectivity index (χ3v) is 6.42. The molecule has 0 aliphatic heterocycles. The van der Waals surface area contributed by atoms with E-state index in [4.69, 9.17) is 21.1 Å². The van der Waals surface area contributed by atoms with Crippen molar-refractivity contribution in [1.29, 1.82) is 0 Å². The van der Waals surface area contributed by atoms with Gasteiger partial charge in [-0.1, -0.05) is 11.6 Å². The van der Waals surface area contributed by atoms with Crippen molar-refractivity contribution in [3.8, 4) is 5.75 Å². The van der Waals surface area contributed by atoms with E-state index in [2.05, 4.69) is 14.7 Å². The summed E-state index contributed by atoms with van der Waals surface area (Å²) in [6, 6.07) is 8.54. The Kier molecular flexibility index (Phi) is 5.69. The first-order chi connectivity index (χ1) is 14.8. The zero-order valence-corrected chi connectivity index (χ0v) is 17.9. The second kappa shape index (κ2) is 8.29. The number of hydrogen-bond acceptors (Lipinski definition) is 7. The Hall–Kier alpha value is -2.95. The van der Waals surface area contributed by atoms with Crippen molar-refractivity contribution in [3.63, 3.8) is 0 Å². The average molecular weight is 464 g/mol. The molecule has 0 radical (unpaired) electrons. The number of rotatable bonds is 7. The number of nitrogens with zero attached hydrogens (tertiary/aromatic N) is 1. The molecule has 0 atom stereocenters. The quantitative estimate of drug-likeness (QED) is 0.515. The summed E-state index contributed by atoms with van der Waals surface area (Å²) >= 11 is 5.94. The van der Waals surface area contributed by atoms with E-state index < -0.39 is 21.6 Å². The highest BCUT2D eigenvalue weighted by molar-refractivity contribution is 7.89. The molecule has 162 valence electrons. The van der Waals surface area contributed by atoms with Gasteiger partial charge in [-0.2, -0.15) is 0 Å². The standard InChI is InChI=1S/C20H18ClN3O6S/c1-29-16-7-2-11(8-17(16)31(27,28)24-13-4-5-13)20(26)30-10-18-22-15-9-12(21)3-6-14(15)19(25)23-18/h2-3,6-9,13,24H,4-5,10H2,1H3,(H,22,23,25). The Labute approximate surface area is 182 Å². The number of ether oxygens (including phenoxy) is 2. The molecule has 0 unspecified atom stereocenters. The van der Waals surface area contributed by atoms with E-state index in [9.17, 15) is 18.0 Å². The van der Waals surface area contributed by atoms with Crippen LogP contribution in [0.5, 0.6) is 5.75 Å². The minimum absolute atomic E-state index is 0.0168. The Morgan fingerprint density at radius 2 is 2.03 bits per heavy atom. The molecule has 2 N–H and O–H groups in total. The molecule has 0 spiro atoms. The van der Waals surface area contributed by atoms with Crippen LogP contribution in [0.1, 0.15) is 29.0 Å². The van der Waals surface area contributed by atoms with Crippen LogP contribution < -0.4 is 15.0 Å². The number of aromatic nitrogens is 2. The predicted molar refractivity (Wildman–Crippen MR) is 113 cm³/mol. The molecule has 0 amide bonds. The number of carbonyl (C=O) groups excluding carboxylic acids is 1. The van der Waals surface area contributed by atoms with Gasteiger partial charge < -0.3 is 14.5 Å². The average Bonchev–Trinajstić information content (AvgIpc) is 3.54. The van der Waals surface area contributed by atoms with Gasteiger partial charge in [-0.25, -0.2) is 22.9 Å². The smallest absolute Gasteiger partial charge is 0.338 e. The molecule has 31 heavy (non-hydrogen) atoms. The van der Waals surface area contributed by atoms with E-state index in [1.54, 1.807) is 12.1 Å². The van der Waals surface area contributed by atoms with Crippen LogP contribution in [-0.2, 0) is 21.4 Å². The topological polar surface area (TPSA) is 127 Å². The highest BCUT2D eigenvalue weighted by Crippen LogP contribution is 2.28. The Balaban J connectivity index is 1.55. The van der Waals surface area contributed by atoms with Gasteiger partial charge >= 0.3 is 5.97 Å². The first-order valence-electron chi connectivity index (χ1n) is 9.33. The third kappa shape index (κ3) is 4.71. The summed E-state index contributed by atoms with van der Waals surface area (Å²) in [4.78, 5) is 31.3. The van der Waals surface area contributed by atoms with Gasteiger partial charge in [0.15, 0.2) is 0 Å². The van der Waals surface area contributed by atoms with Crippen LogP contribution in [0.25, 0.3) is 10.9 Å². The summed E-state index contributed by atoms with van der Waals surface area (Å²) in [6.07, 6.45) is 1.54. The normalized spacial score (nSPS) is 13.9. The lowest BCUT2D eigenvalue weighted by Crippen LogP contribution is -2.26. The molecule has 1 fully saturated rings. The van der Waals surface area contributed by atoms with E-state index in [1.165, 1.54) is 31.4 Å². The molecule has 9 nitrogen and oxygen atoms in total. The van der Waals surface area contributed by atoms with Crippen LogP contribution in [0.3, 0.4) is 0 Å². The molecule has 3 aromatic rings. The number of H-pyrrole nitrogens is 1. The molecule has 1 aliphatic rings. The summed E-state index contributed by atoms with van der Waals surface area (Å²) in [5, 5.41) is 0.771. The minimum atomic E-state index is -3.85. The highest BCUT2D eigenvalue weighted by atomic mass is 35.5. The van der Waals surface area contributed by atoms with Crippen molar-refractivity contribution in [1.82, 2.24) is 14.7 Å². The number of methoxy groups -OCH3 is 1. The van der Waals surface area contributed by atoms with Crippen molar-refractivity contribution in [2.75, 3.05) is 7.11 Å². The van der Waals surface area contributed by atoms with Crippen LogP contribution in [0, 0.1) is 0 Å². The first-order valence-corrected chi connectivity index (χ1v) is 11.2. The van der Waals surface area contributed by atoms with Gasteiger partial charge in [-0.3, -0.25) is 4.79 Å². The van der Waals surface area contributed by atoms with Crippen LogP contribution in [0.2, 0.25) is 5.02 Å². The van der Waals surface area contributed by atoms with E-state index in [1.807, 2.05) is 0 Å². The molecular formula is C20H18ClN3O6S. The third-order valence-electron chi connectivity index (χ3n) is 4.65. The molecular weight excluding hydrogens is 446 g/mol. The lowest BCUT2D eigenvalue weighted by molar-refractivity contribution is 0.0462. The van der Waals surface area contributed by atoms with Crippen molar-refractivity contribution in [2.45, 2.75) is 30.4 Å². The van der Waals surface area contributed by atoms with Gasteiger partial charge in [0.1, 0.15) is 23.1 Å². The van der Waals surface area contributed by atoms with Crippen molar-refractivity contribution in [3.05, 3.63) is 63.2 Å². The molecule has 0 bridgehead atoms. The second-order valence-electron chi connectivity index (χ2n) is 7.01. The van der Waals surface area contributed by atoms with E-state index in [0.29, 0.717) is 15.9 Å². The Bertz CT molecular complexity index is 1330. The van der Waals surface area contributed by atoms with Gasteiger partial charge in [0.2, 0.25) is 10.0 Å². The van der Waals surface area contributed by atoms with Gasteiger partial charge in [0, 0.05) is 11.1 Å². The molecule has 4 rings (SSSR count). The van der Waals surface area contributed by atoms with Crippen LogP contribution >= 0.6 is 11.6 Å². The molecule has 1 aliphatic carbocycles. The van der Waals surface area contributed by atoms with Gasteiger partial charge in [0.25, 0.3) is 5.56 Å². The van der Waals surface area contributed by atoms with Crippen LogP contribution in [0.15, 0.2) is 46.1 Å². The van der Waals surface area contributed by atoms with E-state index in [0.717, 1.165) is 12.8 Å². The number of fused-ring (bicyclic) bond motifs is 1. The SMILES string of the molecule is COc1ccc(C(=O)OCc2nc3cc(Cl)ccc3c(=O)[nH]2)cc1S(=O)(=O)NC1CC1. The van der Waals surface area contributed by atoms with Gasteiger partial charge in [0.05, 0.1) is 23.6 Å². The van der Waals surface area contributed by atoms with Crippen LogP contribution in [-0.4, -0.2) is 37.5 Å². The number of sulfonamides is 1. The van der Waals surface area contributed by atoms with Crippen molar-refractivity contribution >= 4 is 38.5 Å².